The number of hydrogen-bond donors (Lipinski definition) is 0. The second-order valence-corrected chi connectivity index (χ2v) is 8.59. The highest BCUT2D eigenvalue weighted by molar-refractivity contribution is 5.59. The third kappa shape index (κ3) is 5.85. The number of nitrogens with zero attached hydrogens (tertiary/aromatic N) is 3. The van der Waals surface area contributed by atoms with Gasteiger partial charge in [0.2, 0.25) is 5.82 Å². The van der Waals surface area contributed by atoms with Crippen molar-refractivity contribution in [3.8, 4) is 28.6 Å². The quantitative estimate of drug-likeness (QED) is 0.312. The zero-order chi connectivity index (χ0) is 24.8. The monoisotopic (exact) mass is 475 g/mol. The van der Waals surface area contributed by atoms with E-state index in [0.717, 1.165) is 22.4 Å². The van der Waals surface area contributed by atoms with Gasteiger partial charge < -0.3 is 23.3 Å². The molecule has 0 aliphatic rings. The maximum absolute atomic E-state index is 12.5. The van der Waals surface area contributed by atoms with E-state index in [4.69, 9.17) is 18.7 Å². The van der Waals surface area contributed by atoms with Crippen LogP contribution < -0.4 is 10.3 Å². The number of methoxy groups -OCH3 is 2. The normalized spacial score (nSPS) is 11.5. The first-order chi connectivity index (χ1) is 16.9. The fourth-order valence-electron chi connectivity index (χ4n) is 3.55. The molecule has 0 spiro atoms. The van der Waals surface area contributed by atoms with Gasteiger partial charge in [0, 0.05) is 37.6 Å². The molecule has 0 bridgehead atoms. The largest absolute Gasteiger partial charge is 0.491 e. The van der Waals surface area contributed by atoms with Crippen LogP contribution >= 0.6 is 0 Å². The van der Waals surface area contributed by atoms with Crippen LogP contribution in [0.1, 0.15) is 25.0 Å². The number of ether oxygens (including phenoxy) is 3. The second-order valence-electron chi connectivity index (χ2n) is 8.59. The highest BCUT2D eigenvalue weighted by Crippen LogP contribution is 2.27. The van der Waals surface area contributed by atoms with Crippen LogP contribution in [0, 0.1) is 0 Å². The Morgan fingerprint density at radius 1 is 0.971 bits per heavy atom. The highest BCUT2D eigenvalue weighted by atomic mass is 16.5. The Morgan fingerprint density at radius 3 is 2.49 bits per heavy atom. The Morgan fingerprint density at radius 2 is 1.74 bits per heavy atom. The molecule has 0 radical (unpaired) electrons. The predicted octanol–water partition coefficient (Wildman–Crippen LogP) is 4.52. The van der Waals surface area contributed by atoms with Gasteiger partial charge in [-0.25, -0.2) is 0 Å². The summed E-state index contributed by atoms with van der Waals surface area (Å²) in [5.41, 5.74) is 2.96. The summed E-state index contributed by atoms with van der Waals surface area (Å²) < 4.78 is 23.3. The van der Waals surface area contributed by atoms with Crippen LogP contribution in [-0.2, 0) is 21.6 Å². The summed E-state index contributed by atoms with van der Waals surface area (Å²) in [6.07, 6.45) is 1.74. The lowest BCUT2D eigenvalue weighted by Crippen LogP contribution is -2.19. The van der Waals surface area contributed by atoms with E-state index in [1.54, 1.807) is 31.0 Å². The summed E-state index contributed by atoms with van der Waals surface area (Å²) in [4.78, 5) is 17.0. The van der Waals surface area contributed by atoms with Gasteiger partial charge >= 0.3 is 0 Å². The topological polar surface area (TPSA) is 88.6 Å². The van der Waals surface area contributed by atoms with Gasteiger partial charge in [-0.2, -0.15) is 4.98 Å². The van der Waals surface area contributed by atoms with Gasteiger partial charge in [-0.05, 0) is 55.3 Å². The summed E-state index contributed by atoms with van der Waals surface area (Å²) in [7, 11) is 3.32. The van der Waals surface area contributed by atoms with Crippen molar-refractivity contribution in [2.45, 2.75) is 26.0 Å². The van der Waals surface area contributed by atoms with Crippen LogP contribution in [0.15, 0.2) is 76.2 Å². The minimum Gasteiger partial charge on any atom is -0.491 e. The zero-order valence-corrected chi connectivity index (χ0v) is 20.4. The first kappa shape index (κ1) is 24.4. The van der Waals surface area contributed by atoms with Crippen molar-refractivity contribution in [1.29, 1.82) is 0 Å². The Labute approximate surface area is 204 Å². The Kier molecular flexibility index (Phi) is 7.43. The molecule has 8 heteroatoms. The average Bonchev–Trinajstić information content (AvgIpc) is 3.36. The molecule has 0 N–H and O–H groups in total. The summed E-state index contributed by atoms with van der Waals surface area (Å²) >= 11 is 0. The van der Waals surface area contributed by atoms with E-state index in [2.05, 4.69) is 10.1 Å². The molecule has 0 fully saturated rings. The smallest absolute Gasteiger partial charge is 0.258 e. The summed E-state index contributed by atoms with van der Waals surface area (Å²) in [6.45, 7) is 5.37. The molecule has 8 nitrogen and oxygen atoms in total. The molecule has 2 aromatic heterocycles. The molecule has 2 heterocycles. The van der Waals surface area contributed by atoms with Crippen molar-refractivity contribution >= 4 is 0 Å². The van der Waals surface area contributed by atoms with Crippen molar-refractivity contribution in [3.05, 3.63) is 88.3 Å². The van der Waals surface area contributed by atoms with Gasteiger partial charge in [-0.1, -0.05) is 29.4 Å². The lowest BCUT2D eigenvalue weighted by atomic mass is 9.97. The molecule has 4 aromatic rings. The van der Waals surface area contributed by atoms with E-state index >= 15 is 0 Å². The van der Waals surface area contributed by atoms with Crippen LogP contribution in [-0.4, -0.2) is 42.1 Å². The van der Waals surface area contributed by atoms with Crippen LogP contribution in [0.4, 0.5) is 0 Å². The van der Waals surface area contributed by atoms with E-state index in [1.807, 2.05) is 62.4 Å². The fourth-order valence-corrected chi connectivity index (χ4v) is 3.55. The maximum Gasteiger partial charge on any atom is 0.258 e. The molecule has 0 aliphatic carbocycles. The van der Waals surface area contributed by atoms with Crippen LogP contribution in [0.5, 0.6) is 5.75 Å². The van der Waals surface area contributed by atoms with Crippen molar-refractivity contribution in [2.24, 2.45) is 0 Å². The van der Waals surface area contributed by atoms with Crippen LogP contribution in [0.3, 0.4) is 0 Å². The minimum atomic E-state index is -0.387. The SMILES string of the molecule is COCCOc1cccc(Cn2cc(-c3noc(-c4ccc(C(C)(C)OC)cc4)n3)ccc2=O)c1. The third-order valence-electron chi connectivity index (χ3n) is 5.81. The summed E-state index contributed by atoms with van der Waals surface area (Å²) in [5, 5.41) is 4.13. The predicted molar refractivity (Wildman–Crippen MR) is 132 cm³/mol. The second kappa shape index (κ2) is 10.7. The highest BCUT2D eigenvalue weighted by Gasteiger charge is 2.20. The lowest BCUT2D eigenvalue weighted by Gasteiger charge is -2.23. The molecule has 182 valence electrons. The number of benzene rings is 2. The van der Waals surface area contributed by atoms with Crippen molar-refractivity contribution in [1.82, 2.24) is 14.7 Å². The van der Waals surface area contributed by atoms with E-state index < -0.39 is 0 Å². The van der Waals surface area contributed by atoms with Crippen LogP contribution in [0.2, 0.25) is 0 Å². The van der Waals surface area contributed by atoms with Gasteiger partial charge in [0.05, 0.1) is 18.8 Å². The number of hydrogen-bond acceptors (Lipinski definition) is 7. The average molecular weight is 476 g/mol. The standard InChI is InChI=1S/C27H29N3O5/c1-27(2,33-4)22-11-8-20(9-12-22)26-28-25(29-35-26)21-10-13-24(31)30(18-21)17-19-6-5-7-23(16-19)34-15-14-32-3/h5-13,16,18H,14-15,17H2,1-4H3. The summed E-state index contributed by atoms with van der Waals surface area (Å²) in [5.74, 6) is 1.54. The number of rotatable bonds is 10. The lowest BCUT2D eigenvalue weighted by molar-refractivity contribution is 0.0192. The van der Waals surface area contributed by atoms with Gasteiger partial charge in [0.25, 0.3) is 11.4 Å². The Bertz CT molecular complexity index is 1330. The van der Waals surface area contributed by atoms with E-state index in [9.17, 15) is 4.79 Å². The third-order valence-corrected chi connectivity index (χ3v) is 5.81. The van der Waals surface area contributed by atoms with Crippen molar-refractivity contribution < 1.29 is 18.7 Å². The molecule has 0 saturated heterocycles. The number of pyridine rings is 1. The fraction of sp³-hybridized carbons (Fsp3) is 0.296. The maximum atomic E-state index is 12.5. The Hall–Kier alpha value is -3.75. The molecular formula is C27H29N3O5. The molecule has 35 heavy (non-hydrogen) atoms. The Balaban J connectivity index is 1.53. The van der Waals surface area contributed by atoms with Gasteiger partial charge in [-0.3, -0.25) is 4.79 Å². The van der Waals surface area contributed by atoms with Crippen molar-refractivity contribution in [3.63, 3.8) is 0 Å². The van der Waals surface area contributed by atoms with Gasteiger partial charge in [-0.15, -0.1) is 0 Å². The number of aromatic nitrogens is 3. The molecule has 2 aromatic carbocycles. The first-order valence-electron chi connectivity index (χ1n) is 11.3. The molecule has 4 rings (SSSR count). The van der Waals surface area contributed by atoms with E-state index in [0.29, 0.717) is 37.0 Å². The molecule has 0 aliphatic heterocycles. The van der Waals surface area contributed by atoms with Crippen molar-refractivity contribution in [2.75, 3.05) is 27.4 Å². The zero-order valence-electron chi connectivity index (χ0n) is 20.4. The van der Waals surface area contributed by atoms with E-state index in [1.165, 1.54) is 6.07 Å². The van der Waals surface area contributed by atoms with Gasteiger partial charge in [0.15, 0.2) is 0 Å². The molecular weight excluding hydrogens is 446 g/mol. The van der Waals surface area contributed by atoms with Crippen LogP contribution in [0.25, 0.3) is 22.8 Å². The first-order valence-corrected chi connectivity index (χ1v) is 11.3. The van der Waals surface area contributed by atoms with Gasteiger partial charge in [0.1, 0.15) is 12.4 Å². The molecule has 0 unspecified atom stereocenters. The minimum absolute atomic E-state index is 0.125. The molecule has 0 saturated carbocycles. The summed E-state index contributed by atoms with van der Waals surface area (Å²) in [6, 6.07) is 18.7. The van der Waals surface area contributed by atoms with E-state index in [-0.39, 0.29) is 11.2 Å². The molecule has 0 atom stereocenters. The molecule has 0 amide bonds.